The minimum absolute atomic E-state index is 0.0587. The van der Waals surface area contributed by atoms with E-state index in [0.29, 0.717) is 38.9 Å². The minimum Gasteiger partial charge on any atom is -0.497 e. The van der Waals surface area contributed by atoms with E-state index in [1.165, 1.54) is 0 Å². The molecule has 0 bridgehead atoms. The number of carbonyl (C=O) groups excluding carboxylic acids is 2. The molecule has 6 nitrogen and oxygen atoms in total. The molecule has 1 N–H and O–H groups in total. The highest BCUT2D eigenvalue weighted by Crippen LogP contribution is 2.37. The summed E-state index contributed by atoms with van der Waals surface area (Å²) in [6.45, 7) is 1.43. The molecule has 2 amide bonds. The third-order valence-corrected chi connectivity index (χ3v) is 6.28. The first-order chi connectivity index (χ1) is 16.6. The lowest BCUT2D eigenvalue weighted by Gasteiger charge is -2.41. The van der Waals surface area contributed by atoms with E-state index >= 15 is 0 Å². The second-order valence-corrected chi connectivity index (χ2v) is 8.50. The first-order valence-electron chi connectivity index (χ1n) is 11.5. The van der Waals surface area contributed by atoms with Gasteiger partial charge in [-0.05, 0) is 28.8 Å². The minimum atomic E-state index is -0.769. The highest BCUT2D eigenvalue weighted by Gasteiger charge is 2.41. The van der Waals surface area contributed by atoms with E-state index in [-0.39, 0.29) is 5.91 Å². The number of likely N-dealkylation sites (tertiary alicyclic amines) is 1. The Balaban J connectivity index is 1.41. The maximum atomic E-state index is 13.0. The Bertz CT molecular complexity index is 1090. The van der Waals surface area contributed by atoms with Gasteiger partial charge in [-0.3, -0.25) is 4.79 Å². The van der Waals surface area contributed by atoms with E-state index in [2.05, 4.69) is 5.32 Å². The molecule has 3 aromatic carbocycles. The number of alkyl carbamates (subject to hydrolysis) is 1. The summed E-state index contributed by atoms with van der Waals surface area (Å²) in [5, 5.41) is 2.86. The molecule has 0 saturated carbocycles. The molecular weight excluding hydrogens is 428 g/mol. The number of benzene rings is 3. The van der Waals surface area contributed by atoms with Crippen molar-refractivity contribution in [2.75, 3.05) is 20.2 Å². The van der Waals surface area contributed by atoms with Crippen LogP contribution in [0.2, 0.25) is 0 Å². The standard InChI is InChI=1S/C28H30N2O4/c1-33-25-14-8-11-23(19-25)20-26(31)30-17-15-28(16-18-30,24-12-6-3-7-13-24)34-27(32)29-21-22-9-4-2-5-10-22/h2-14,19H,15-18,20-21H2,1H3,(H,29,32). The van der Waals surface area contributed by atoms with E-state index in [0.717, 1.165) is 22.4 Å². The van der Waals surface area contributed by atoms with Gasteiger partial charge in [0.1, 0.15) is 11.4 Å². The monoisotopic (exact) mass is 458 g/mol. The molecule has 176 valence electrons. The summed E-state index contributed by atoms with van der Waals surface area (Å²) in [4.78, 5) is 27.6. The second-order valence-electron chi connectivity index (χ2n) is 8.50. The highest BCUT2D eigenvalue weighted by molar-refractivity contribution is 5.79. The largest absolute Gasteiger partial charge is 0.497 e. The molecule has 1 fully saturated rings. The molecule has 1 aliphatic rings. The van der Waals surface area contributed by atoms with Gasteiger partial charge in [0.2, 0.25) is 5.91 Å². The fourth-order valence-corrected chi connectivity index (χ4v) is 4.36. The number of piperidine rings is 1. The van der Waals surface area contributed by atoms with Crippen molar-refractivity contribution in [3.8, 4) is 5.75 Å². The predicted molar refractivity (Wildman–Crippen MR) is 130 cm³/mol. The number of rotatable bonds is 7. The first-order valence-corrected chi connectivity index (χ1v) is 11.5. The van der Waals surface area contributed by atoms with Gasteiger partial charge >= 0.3 is 6.09 Å². The topological polar surface area (TPSA) is 67.9 Å². The van der Waals surface area contributed by atoms with Crippen LogP contribution in [0.3, 0.4) is 0 Å². The van der Waals surface area contributed by atoms with Gasteiger partial charge in [0.05, 0.1) is 13.5 Å². The van der Waals surface area contributed by atoms with Crippen LogP contribution in [0.25, 0.3) is 0 Å². The molecule has 1 aliphatic heterocycles. The number of nitrogens with one attached hydrogen (secondary N) is 1. The summed E-state index contributed by atoms with van der Waals surface area (Å²) in [5.74, 6) is 0.797. The van der Waals surface area contributed by atoms with E-state index in [9.17, 15) is 9.59 Å². The SMILES string of the molecule is COc1cccc(CC(=O)N2CCC(OC(=O)NCc3ccccc3)(c3ccccc3)CC2)c1. The number of ether oxygens (including phenoxy) is 2. The van der Waals surface area contributed by atoms with Crippen molar-refractivity contribution < 1.29 is 19.1 Å². The lowest BCUT2D eigenvalue weighted by Crippen LogP contribution is -2.48. The van der Waals surface area contributed by atoms with Gasteiger partial charge in [0.25, 0.3) is 0 Å². The summed E-state index contributed by atoms with van der Waals surface area (Å²) in [7, 11) is 1.62. The zero-order valence-corrected chi connectivity index (χ0v) is 19.4. The van der Waals surface area contributed by atoms with E-state index in [1.807, 2.05) is 89.8 Å². The Morgan fingerprint density at radius 1 is 0.882 bits per heavy atom. The van der Waals surface area contributed by atoms with Crippen LogP contribution in [0.4, 0.5) is 4.79 Å². The maximum Gasteiger partial charge on any atom is 0.408 e. The number of amides is 2. The van der Waals surface area contributed by atoms with Crippen LogP contribution in [0.1, 0.15) is 29.5 Å². The Morgan fingerprint density at radius 2 is 1.53 bits per heavy atom. The summed E-state index contributed by atoms with van der Waals surface area (Å²) in [5.41, 5.74) is 2.10. The van der Waals surface area contributed by atoms with Gasteiger partial charge in [-0.1, -0.05) is 72.8 Å². The molecule has 0 unspecified atom stereocenters. The Hall–Kier alpha value is -3.80. The Labute approximate surface area is 200 Å². The third kappa shape index (κ3) is 5.76. The van der Waals surface area contributed by atoms with Crippen LogP contribution in [-0.2, 0) is 28.1 Å². The van der Waals surface area contributed by atoms with Crippen molar-refractivity contribution in [3.63, 3.8) is 0 Å². The third-order valence-electron chi connectivity index (χ3n) is 6.28. The highest BCUT2D eigenvalue weighted by atomic mass is 16.6. The summed E-state index contributed by atoms with van der Waals surface area (Å²) < 4.78 is 11.3. The summed E-state index contributed by atoms with van der Waals surface area (Å²) >= 11 is 0. The molecule has 3 aromatic rings. The molecule has 4 rings (SSSR count). The molecule has 0 spiro atoms. The predicted octanol–water partition coefficient (Wildman–Crippen LogP) is 4.68. The molecule has 0 aliphatic carbocycles. The van der Waals surface area contributed by atoms with Crippen molar-refractivity contribution in [2.24, 2.45) is 0 Å². The van der Waals surface area contributed by atoms with Crippen LogP contribution in [0, 0.1) is 0 Å². The number of nitrogens with zero attached hydrogens (tertiary/aromatic N) is 1. The molecule has 0 aromatic heterocycles. The smallest absolute Gasteiger partial charge is 0.408 e. The quantitative estimate of drug-likeness (QED) is 0.558. The van der Waals surface area contributed by atoms with E-state index in [4.69, 9.17) is 9.47 Å². The lowest BCUT2D eigenvalue weighted by molar-refractivity contribution is -0.135. The van der Waals surface area contributed by atoms with Crippen molar-refractivity contribution in [3.05, 3.63) is 102 Å². The van der Waals surface area contributed by atoms with Gasteiger partial charge in [-0.2, -0.15) is 0 Å². The number of methoxy groups -OCH3 is 1. The van der Waals surface area contributed by atoms with Gasteiger partial charge in [-0.15, -0.1) is 0 Å². The number of carbonyl (C=O) groups is 2. The van der Waals surface area contributed by atoms with Crippen molar-refractivity contribution in [1.29, 1.82) is 0 Å². The summed E-state index contributed by atoms with van der Waals surface area (Å²) in [6, 6.07) is 27.1. The molecule has 0 atom stereocenters. The van der Waals surface area contributed by atoms with Gasteiger partial charge in [-0.25, -0.2) is 4.79 Å². The fourth-order valence-electron chi connectivity index (χ4n) is 4.36. The average Bonchev–Trinajstić information content (AvgIpc) is 2.89. The maximum absolute atomic E-state index is 13.0. The van der Waals surface area contributed by atoms with Crippen molar-refractivity contribution >= 4 is 12.0 Å². The molecule has 6 heteroatoms. The van der Waals surface area contributed by atoms with Crippen LogP contribution in [0.15, 0.2) is 84.9 Å². The molecule has 0 radical (unpaired) electrons. The van der Waals surface area contributed by atoms with Gasteiger partial charge < -0.3 is 19.7 Å². The fraction of sp³-hybridized carbons (Fsp3) is 0.286. The zero-order valence-electron chi connectivity index (χ0n) is 19.4. The van der Waals surface area contributed by atoms with Crippen molar-refractivity contribution in [2.45, 2.75) is 31.4 Å². The Kier molecular flexibility index (Phi) is 7.48. The van der Waals surface area contributed by atoms with Gasteiger partial charge in [0.15, 0.2) is 0 Å². The molecule has 1 saturated heterocycles. The molecular formula is C28H30N2O4. The van der Waals surface area contributed by atoms with Gasteiger partial charge in [0, 0.05) is 32.5 Å². The lowest BCUT2D eigenvalue weighted by atomic mass is 9.84. The van der Waals surface area contributed by atoms with Crippen LogP contribution >= 0.6 is 0 Å². The normalized spacial score (nSPS) is 14.8. The summed E-state index contributed by atoms with van der Waals surface area (Å²) in [6.07, 6.45) is 0.941. The Morgan fingerprint density at radius 3 is 2.21 bits per heavy atom. The first kappa shape index (κ1) is 23.4. The van der Waals surface area contributed by atoms with E-state index < -0.39 is 11.7 Å². The average molecular weight is 459 g/mol. The van der Waals surface area contributed by atoms with Crippen LogP contribution < -0.4 is 10.1 Å². The molecule has 1 heterocycles. The second kappa shape index (κ2) is 10.9. The number of hydrogen-bond donors (Lipinski definition) is 1. The van der Waals surface area contributed by atoms with E-state index in [1.54, 1.807) is 7.11 Å². The number of hydrogen-bond acceptors (Lipinski definition) is 4. The zero-order chi connectivity index (χ0) is 23.8. The van der Waals surface area contributed by atoms with Crippen LogP contribution in [-0.4, -0.2) is 37.1 Å². The van der Waals surface area contributed by atoms with Crippen LogP contribution in [0.5, 0.6) is 5.75 Å². The van der Waals surface area contributed by atoms with Crippen molar-refractivity contribution in [1.82, 2.24) is 10.2 Å². The molecule has 34 heavy (non-hydrogen) atoms.